The maximum atomic E-state index is 12.9. The minimum atomic E-state index is -0.270. The van der Waals surface area contributed by atoms with E-state index in [4.69, 9.17) is 5.73 Å². The highest BCUT2D eigenvalue weighted by molar-refractivity contribution is 5.85. The summed E-state index contributed by atoms with van der Waals surface area (Å²) in [6.07, 6.45) is 1.02. The van der Waals surface area contributed by atoms with Gasteiger partial charge in [-0.25, -0.2) is 4.39 Å². The molecule has 1 aromatic rings. The number of carbonyl (C=O) groups is 1. The summed E-state index contributed by atoms with van der Waals surface area (Å²) in [4.78, 5) is 14.6. The fourth-order valence-electron chi connectivity index (χ4n) is 2.89. The van der Waals surface area contributed by atoms with Gasteiger partial charge in [0.15, 0.2) is 0 Å². The van der Waals surface area contributed by atoms with Gasteiger partial charge in [0, 0.05) is 6.54 Å². The van der Waals surface area contributed by atoms with Crippen LogP contribution in [0.5, 0.6) is 0 Å². The van der Waals surface area contributed by atoms with E-state index in [9.17, 15) is 9.18 Å². The lowest BCUT2D eigenvalue weighted by Crippen LogP contribution is -2.45. The van der Waals surface area contributed by atoms with E-state index in [2.05, 4.69) is 17.1 Å². The Morgan fingerprint density at radius 1 is 1.39 bits per heavy atom. The van der Waals surface area contributed by atoms with Gasteiger partial charge in [-0.1, -0.05) is 19.1 Å². The molecule has 1 saturated heterocycles. The van der Waals surface area contributed by atoms with Crippen LogP contribution in [0.2, 0.25) is 0 Å². The molecule has 130 valence electrons. The Hall–Kier alpha value is -1.17. The minimum Gasteiger partial charge on any atom is -0.348 e. The van der Waals surface area contributed by atoms with Gasteiger partial charge in [-0.05, 0) is 56.5 Å². The highest BCUT2D eigenvalue weighted by atomic mass is 35.5. The normalized spacial score (nSPS) is 23.9. The Morgan fingerprint density at radius 2 is 2.00 bits per heavy atom. The Labute approximate surface area is 144 Å². The van der Waals surface area contributed by atoms with Crippen LogP contribution in [0.4, 0.5) is 4.39 Å². The third-order valence-electron chi connectivity index (χ3n) is 4.74. The van der Waals surface area contributed by atoms with Gasteiger partial charge < -0.3 is 11.1 Å². The average molecular weight is 344 g/mol. The fourth-order valence-corrected chi connectivity index (χ4v) is 2.89. The van der Waals surface area contributed by atoms with Gasteiger partial charge in [0.05, 0.1) is 12.1 Å². The van der Waals surface area contributed by atoms with Gasteiger partial charge >= 0.3 is 0 Å². The largest absolute Gasteiger partial charge is 0.348 e. The van der Waals surface area contributed by atoms with Crippen LogP contribution in [-0.4, -0.2) is 36.5 Å². The maximum absolute atomic E-state index is 12.9. The monoisotopic (exact) mass is 343 g/mol. The summed E-state index contributed by atoms with van der Waals surface area (Å²) >= 11 is 0. The third kappa shape index (κ3) is 4.90. The van der Waals surface area contributed by atoms with E-state index in [1.807, 2.05) is 13.8 Å². The number of rotatable bonds is 5. The number of carbonyl (C=O) groups excluding carboxylic acids is 1. The second-order valence-corrected chi connectivity index (χ2v) is 6.69. The predicted molar refractivity (Wildman–Crippen MR) is 93.0 cm³/mol. The van der Waals surface area contributed by atoms with Gasteiger partial charge in [-0.15, -0.1) is 12.4 Å². The summed E-state index contributed by atoms with van der Waals surface area (Å²) in [7, 11) is 0. The van der Waals surface area contributed by atoms with E-state index < -0.39 is 0 Å². The zero-order valence-electron chi connectivity index (χ0n) is 14.0. The van der Waals surface area contributed by atoms with Crippen molar-refractivity contribution in [3.8, 4) is 0 Å². The Balaban J connectivity index is 0.00000264. The second-order valence-electron chi connectivity index (χ2n) is 6.69. The number of halogens is 2. The first-order chi connectivity index (χ1) is 10.3. The van der Waals surface area contributed by atoms with Crippen molar-refractivity contribution < 1.29 is 9.18 Å². The van der Waals surface area contributed by atoms with Crippen molar-refractivity contribution in [2.45, 2.75) is 39.3 Å². The molecule has 0 aliphatic carbocycles. The van der Waals surface area contributed by atoms with Crippen molar-refractivity contribution in [1.82, 2.24) is 10.2 Å². The highest BCUT2D eigenvalue weighted by Gasteiger charge is 2.36. The molecule has 0 spiro atoms. The molecule has 0 radical (unpaired) electrons. The maximum Gasteiger partial charge on any atom is 0.237 e. The molecule has 1 aliphatic rings. The fraction of sp³-hybridized carbons (Fsp3) is 0.588. The molecule has 1 heterocycles. The van der Waals surface area contributed by atoms with Gasteiger partial charge in [0.25, 0.3) is 0 Å². The minimum absolute atomic E-state index is 0. The summed E-state index contributed by atoms with van der Waals surface area (Å²) in [5.74, 6) is -0.271. The number of benzene rings is 1. The van der Waals surface area contributed by atoms with E-state index in [0.29, 0.717) is 6.54 Å². The van der Waals surface area contributed by atoms with Crippen molar-refractivity contribution >= 4 is 18.3 Å². The first-order valence-electron chi connectivity index (χ1n) is 7.84. The molecule has 3 atom stereocenters. The number of hydrogen-bond acceptors (Lipinski definition) is 3. The molecule has 3 N–H and O–H groups in total. The molecule has 0 aromatic heterocycles. The number of likely N-dealkylation sites (tertiary alicyclic amines) is 1. The van der Waals surface area contributed by atoms with Crippen LogP contribution in [-0.2, 0) is 4.79 Å². The number of amides is 1. The summed E-state index contributed by atoms with van der Waals surface area (Å²) in [6, 6.07) is 5.90. The van der Waals surface area contributed by atoms with Gasteiger partial charge in [-0.3, -0.25) is 9.69 Å². The van der Waals surface area contributed by atoms with Crippen molar-refractivity contribution in [3.05, 3.63) is 35.6 Å². The standard InChI is InChI=1S/C17H26FN3O.ClH/c1-12(14-4-6-15(18)7-5-14)20-16(22)13(2)21-9-8-17(3,10-19)11-21;/h4-7,12-13H,8-11,19H2,1-3H3,(H,20,22);1H. The van der Waals surface area contributed by atoms with Crippen molar-refractivity contribution in [1.29, 1.82) is 0 Å². The average Bonchev–Trinajstić information content (AvgIpc) is 2.90. The van der Waals surface area contributed by atoms with E-state index in [1.165, 1.54) is 12.1 Å². The quantitative estimate of drug-likeness (QED) is 0.863. The van der Waals surface area contributed by atoms with Crippen molar-refractivity contribution in [2.24, 2.45) is 11.1 Å². The van der Waals surface area contributed by atoms with Gasteiger partial charge in [-0.2, -0.15) is 0 Å². The van der Waals surface area contributed by atoms with E-state index in [0.717, 1.165) is 25.1 Å². The Kier molecular flexibility index (Phi) is 6.99. The summed E-state index contributed by atoms with van der Waals surface area (Å²) in [6.45, 7) is 8.39. The molecule has 6 heteroatoms. The molecular formula is C17H27ClFN3O. The van der Waals surface area contributed by atoms with E-state index in [1.54, 1.807) is 12.1 Å². The van der Waals surface area contributed by atoms with Crippen LogP contribution < -0.4 is 11.1 Å². The van der Waals surface area contributed by atoms with Crippen LogP contribution in [0.25, 0.3) is 0 Å². The topological polar surface area (TPSA) is 58.4 Å². The summed E-state index contributed by atoms with van der Waals surface area (Å²) < 4.78 is 12.9. The number of nitrogens with zero attached hydrogens (tertiary/aromatic N) is 1. The molecule has 2 rings (SSSR count). The number of nitrogens with two attached hydrogens (primary N) is 1. The van der Waals surface area contributed by atoms with Gasteiger partial charge in [0.2, 0.25) is 5.91 Å². The number of hydrogen-bond donors (Lipinski definition) is 2. The predicted octanol–water partition coefficient (Wildman–Crippen LogP) is 2.48. The Bertz CT molecular complexity index is 525. The summed E-state index contributed by atoms with van der Waals surface area (Å²) in [5, 5.41) is 3.00. The Morgan fingerprint density at radius 3 is 2.52 bits per heavy atom. The van der Waals surface area contributed by atoms with Crippen LogP contribution in [0.1, 0.15) is 38.8 Å². The highest BCUT2D eigenvalue weighted by Crippen LogP contribution is 2.29. The van der Waals surface area contributed by atoms with E-state index in [-0.39, 0.29) is 41.6 Å². The first kappa shape index (κ1) is 19.9. The molecule has 1 fully saturated rings. The SMILES string of the molecule is CC(NC(=O)C(C)N1CCC(C)(CN)C1)c1ccc(F)cc1.Cl. The van der Waals surface area contributed by atoms with Crippen LogP contribution in [0, 0.1) is 11.2 Å². The van der Waals surface area contributed by atoms with Crippen molar-refractivity contribution in [2.75, 3.05) is 19.6 Å². The number of nitrogens with one attached hydrogen (secondary N) is 1. The van der Waals surface area contributed by atoms with Crippen LogP contribution in [0.15, 0.2) is 24.3 Å². The van der Waals surface area contributed by atoms with E-state index >= 15 is 0 Å². The molecule has 0 saturated carbocycles. The lowest BCUT2D eigenvalue weighted by atomic mass is 9.90. The van der Waals surface area contributed by atoms with Crippen LogP contribution in [0.3, 0.4) is 0 Å². The molecule has 23 heavy (non-hydrogen) atoms. The van der Waals surface area contributed by atoms with Crippen molar-refractivity contribution in [3.63, 3.8) is 0 Å². The summed E-state index contributed by atoms with van der Waals surface area (Å²) in [5.41, 5.74) is 6.82. The molecule has 0 bridgehead atoms. The second kappa shape index (κ2) is 8.08. The molecule has 1 aliphatic heterocycles. The molecule has 1 amide bonds. The molecular weight excluding hydrogens is 317 g/mol. The smallest absolute Gasteiger partial charge is 0.237 e. The first-order valence-corrected chi connectivity index (χ1v) is 7.84. The van der Waals surface area contributed by atoms with Gasteiger partial charge in [0.1, 0.15) is 5.82 Å². The molecule has 4 nitrogen and oxygen atoms in total. The van der Waals surface area contributed by atoms with Crippen LogP contribution >= 0.6 is 12.4 Å². The zero-order chi connectivity index (χ0) is 16.3. The lowest BCUT2D eigenvalue weighted by molar-refractivity contribution is -0.126. The lowest BCUT2D eigenvalue weighted by Gasteiger charge is -2.27. The molecule has 3 unspecified atom stereocenters. The zero-order valence-corrected chi connectivity index (χ0v) is 14.8. The third-order valence-corrected chi connectivity index (χ3v) is 4.74. The molecule has 1 aromatic carbocycles.